The van der Waals surface area contributed by atoms with Crippen LogP contribution >= 0.6 is 11.6 Å². The molecule has 1 atom stereocenters. The standard InChI is InChI=1S/C17H18ClNO3/c1-11-6-4-5-7-15(11)22-12(2)17(20)19-14-10-13(18)8-9-16(14)21-3/h4-10,12H,1-3H3,(H,19,20). The zero-order chi connectivity index (χ0) is 16.1. The van der Waals surface area contributed by atoms with Crippen LogP contribution in [0.2, 0.25) is 5.02 Å². The summed E-state index contributed by atoms with van der Waals surface area (Å²) in [6, 6.07) is 12.6. The van der Waals surface area contributed by atoms with E-state index in [1.165, 1.54) is 7.11 Å². The smallest absolute Gasteiger partial charge is 0.265 e. The molecule has 0 saturated heterocycles. The number of hydrogen-bond donors (Lipinski definition) is 1. The summed E-state index contributed by atoms with van der Waals surface area (Å²) < 4.78 is 10.9. The molecule has 2 aromatic rings. The molecule has 0 aliphatic heterocycles. The van der Waals surface area contributed by atoms with E-state index in [4.69, 9.17) is 21.1 Å². The van der Waals surface area contributed by atoms with Gasteiger partial charge >= 0.3 is 0 Å². The quantitative estimate of drug-likeness (QED) is 0.904. The number of methoxy groups -OCH3 is 1. The number of aryl methyl sites for hydroxylation is 1. The Balaban J connectivity index is 2.09. The van der Waals surface area contributed by atoms with E-state index in [0.29, 0.717) is 22.2 Å². The molecule has 0 spiro atoms. The van der Waals surface area contributed by atoms with Gasteiger partial charge in [0.2, 0.25) is 0 Å². The molecule has 22 heavy (non-hydrogen) atoms. The van der Waals surface area contributed by atoms with Crippen LogP contribution in [0.1, 0.15) is 12.5 Å². The van der Waals surface area contributed by atoms with E-state index in [2.05, 4.69) is 5.32 Å². The molecular formula is C17H18ClNO3. The fourth-order valence-electron chi connectivity index (χ4n) is 1.94. The second-order valence-corrected chi connectivity index (χ2v) is 5.30. The van der Waals surface area contributed by atoms with Crippen molar-refractivity contribution < 1.29 is 14.3 Å². The van der Waals surface area contributed by atoms with Crippen molar-refractivity contribution in [1.82, 2.24) is 0 Å². The summed E-state index contributed by atoms with van der Waals surface area (Å²) in [6.45, 7) is 3.62. The number of benzene rings is 2. The van der Waals surface area contributed by atoms with Crippen LogP contribution in [0.15, 0.2) is 42.5 Å². The summed E-state index contributed by atoms with van der Waals surface area (Å²) in [4.78, 5) is 12.3. The molecule has 0 saturated carbocycles. The van der Waals surface area contributed by atoms with Crippen molar-refractivity contribution in [2.45, 2.75) is 20.0 Å². The van der Waals surface area contributed by atoms with Crippen molar-refractivity contribution in [2.75, 3.05) is 12.4 Å². The average Bonchev–Trinajstić information content (AvgIpc) is 2.49. The van der Waals surface area contributed by atoms with Gasteiger partial charge in [-0.2, -0.15) is 0 Å². The number of carbonyl (C=O) groups excluding carboxylic acids is 1. The fraction of sp³-hybridized carbons (Fsp3) is 0.235. The van der Waals surface area contributed by atoms with Crippen LogP contribution in [-0.2, 0) is 4.79 Å². The van der Waals surface area contributed by atoms with E-state index in [1.807, 2.05) is 31.2 Å². The highest BCUT2D eigenvalue weighted by molar-refractivity contribution is 6.31. The number of nitrogens with one attached hydrogen (secondary N) is 1. The van der Waals surface area contributed by atoms with Gasteiger partial charge in [-0.1, -0.05) is 29.8 Å². The van der Waals surface area contributed by atoms with Gasteiger partial charge in [-0.15, -0.1) is 0 Å². The van der Waals surface area contributed by atoms with Gasteiger partial charge in [0.15, 0.2) is 6.10 Å². The van der Waals surface area contributed by atoms with E-state index in [9.17, 15) is 4.79 Å². The lowest BCUT2D eigenvalue weighted by Crippen LogP contribution is -2.30. The highest BCUT2D eigenvalue weighted by Gasteiger charge is 2.17. The molecule has 2 rings (SSSR count). The SMILES string of the molecule is COc1ccc(Cl)cc1NC(=O)C(C)Oc1ccccc1C. The Morgan fingerprint density at radius 1 is 1.18 bits per heavy atom. The first-order valence-electron chi connectivity index (χ1n) is 6.88. The lowest BCUT2D eigenvalue weighted by molar-refractivity contribution is -0.122. The Kier molecular flexibility index (Phi) is 5.28. The Morgan fingerprint density at radius 2 is 1.91 bits per heavy atom. The molecule has 116 valence electrons. The van der Waals surface area contributed by atoms with Crippen molar-refractivity contribution in [2.24, 2.45) is 0 Å². The molecule has 0 aromatic heterocycles. The van der Waals surface area contributed by atoms with Crippen LogP contribution in [-0.4, -0.2) is 19.1 Å². The maximum absolute atomic E-state index is 12.3. The van der Waals surface area contributed by atoms with Gasteiger partial charge < -0.3 is 14.8 Å². The summed E-state index contributed by atoms with van der Waals surface area (Å²) in [5, 5.41) is 3.29. The maximum atomic E-state index is 12.3. The fourth-order valence-corrected chi connectivity index (χ4v) is 2.12. The van der Waals surface area contributed by atoms with Gasteiger partial charge in [0.05, 0.1) is 12.8 Å². The third-order valence-corrected chi connectivity index (χ3v) is 3.42. The van der Waals surface area contributed by atoms with Crippen LogP contribution in [0.4, 0.5) is 5.69 Å². The lowest BCUT2D eigenvalue weighted by atomic mass is 10.2. The summed E-state index contributed by atoms with van der Waals surface area (Å²) in [5.74, 6) is 0.952. The maximum Gasteiger partial charge on any atom is 0.265 e. The summed E-state index contributed by atoms with van der Waals surface area (Å²) >= 11 is 5.95. The zero-order valence-electron chi connectivity index (χ0n) is 12.7. The van der Waals surface area contributed by atoms with E-state index in [0.717, 1.165) is 5.56 Å². The van der Waals surface area contributed by atoms with E-state index >= 15 is 0 Å². The average molecular weight is 320 g/mol. The molecule has 0 bridgehead atoms. The molecule has 1 N–H and O–H groups in total. The minimum atomic E-state index is -0.648. The molecule has 0 fully saturated rings. The minimum absolute atomic E-state index is 0.274. The largest absolute Gasteiger partial charge is 0.495 e. The van der Waals surface area contributed by atoms with Crippen molar-refractivity contribution >= 4 is 23.2 Å². The highest BCUT2D eigenvalue weighted by atomic mass is 35.5. The monoisotopic (exact) mass is 319 g/mol. The minimum Gasteiger partial charge on any atom is -0.495 e. The first-order chi connectivity index (χ1) is 10.5. The van der Waals surface area contributed by atoms with Gasteiger partial charge in [0.1, 0.15) is 11.5 Å². The van der Waals surface area contributed by atoms with Gasteiger partial charge in [0.25, 0.3) is 5.91 Å². The zero-order valence-corrected chi connectivity index (χ0v) is 13.5. The summed E-state index contributed by atoms with van der Waals surface area (Å²) in [6.07, 6.45) is -0.648. The van der Waals surface area contributed by atoms with Gasteiger partial charge in [-0.25, -0.2) is 0 Å². The Morgan fingerprint density at radius 3 is 2.59 bits per heavy atom. The molecule has 0 aliphatic carbocycles. The molecule has 1 unspecified atom stereocenters. The second-order valence-electron chi connectivity index (χ2n) is 4.86. The molecule has 5 heteroatoms. The first-order valence-corrected chi connectivity index (χ1v) is 7.25. The third-order valence-electron chi connectivity index (χ3n) is 3.19. The molecule has 1 amide bonds. The lowest BCUT2D eigenvalue weighted by Gasteiger charge is -2.17. The van der Waals surface area contributed by atoms with E-state index < -0.39 is 6.10 Å². The first kappa shape index (κ1) is 16.2. The molecule has 0 radical (unpaired) electrons. The number of carbonyl (C=O) groups is 1. The topological polar surface area (TPSA) is 47.6 Å². The Bertz CT molecular complexity index is 673. The van der Waals surface area contributed by atoms with Crippen LogP contribution in [0.3, 0.4) is 0 Å². The van der Waals surface area contributed by atoms with Gasteiger partial charge in [-0.05, 0) is 43.7 Å². The van der Waals surface area contributed by atoms with Crippen LogP contribution in [0.5, 0.6) is 11.5 Å². The molecule has 4 nitrogen and oxygen atoms in total. The number of amides is 1. The Labute approximate surface area is 135 Å². The molecular weight excluding hydrogens is 302 g/mol. The van der Waals surface area contributed by atoms with E-state index in [-0.39, 0.29) is 5.91 Å². The van der Waals surface area contributed by atoms with Crippen molar-refractivity contribution in [3.05, 3.63) is 53.1 Å². The van der Waals surface area contributed by atoms with Crippen molar-refractivity contribution in [3.63, 3.8) is 0 Å². The Hall–Kier alpha value is -2.20. The summed E-state index contributed by atoms with van der Waals surface area (Å²) in [7, 11) is 1.53. The van der Waals surface area contributed by atoms with Crippen molar-refractivity contribution in [1.29, 1.82) is 0 Å². The number of halogens is 1. The van der Waals surface area contributed by atoms with E-state index in [1.54, 1.807) is 25.1 Å². The highest BCUT2D eigenvalue weighted by Crippen LogP contribution is 2.28. The number of hydrogen-bond acceptors (Lipinski definition) is 3. The molecule has 0 aliphatic rings. The van der Waals surface area contributed by atoms with Crippen LogP contribution in [0.25, 0.3) is 0 Å². The van der Waals surface area contributed by atoms with Gasteiger partial charge in [-0.3, -0.25) is 4.79 Å². The normalized spacial score (nSPS) is 11.6. The molecule has 0 heterocycles. The number of anilines is 1. The predicted octanol–water partition coefficient (Wildman–Crippen LogP) is 4.06. The number of rotatable bonds is 5. The summed E-state index contributed by atoms with van der Waals surface area (Å²) in [5.41, 5.74) is 1.49. The number of para-hydroxylation sites is 1. The van der Waals surface area contributed by atoms with Crippen LogP contribution in [0, 0.1) is 6.92 Å². The third kappa shape index (κ3) is 3.92. The number of ether oxygens (including phenoxy) is 2. The second kappa shape index (κ2) is 7.18. The molecule has 2 aromatic carbocycles. The van der Waals surface area contributed by atoms with Crippen LogP contribution < -0.4 is 14.8 Å². The van der Waals surface area contributed by atoms with Gasteiger partial charge in [0, 0.05) is 5.02 Å². The predicted molar refractivity (Wildman–Crippen MR) is 87.9 cm³/mol. The van der Waals surface area contributed by atoms with Crippen molar-refractivity contribution in [3.8, 4) is 11.5 Å².